The Balaban J connectivity index is 1.55. The number of nitrogens with zero attached hydrogens (tertiary/aromatic N) is 1. The first-order valence-corrected chi connectivity index (χ1v) is 9.29. The van der Waals surface area contributed by atoms with Crippen LogP contribution in [-0.2, 0) is 11.2 Å². The molecule has 0 unspecified atom stereocenters. The highest BCUT2D eigenvalue weighted by Gasteiger charge is 2.12. The molecule has 3 aromatic rings. The van der Waals surface area contributed by atoms with Crippen molar-refractivity contribution < 1.29 is 19.1 Å². The van der Waals surface area contributed by atoms with E-state index in [2.05, 4.69) is 15.6 Å². The molecule has 2 N–H and O–H groups in total. The van der Waals surface area contributed by atoms with Crippen LogP contribution < -0.4 is 20.1 Å². The van der Waals surface area contributed by atoms with E-state index in [1.807, 2.05) is 0 Å². The van der Waals surface area contributed by atoms with Gasteiger partial charge in [0.15, 0.2) is 5.13 Å². The Morgan fingerprint density at radius 3 is 2.14 bits per heavy atom. The predicted octanol–water partition coefficient (Wildman–Crippen LogP) is 3.59. The van der Waals surface area contributed by atoms with Gasteiger partial charge in [0.05, 0.1) is 26.3 Å². The van der Waals surface area contributed by atoms with Gasteiger partial charge in [0, 0.05) is 16.6 Å². The molecule has 7 nitrogen and oxygen atoms in total. The summed E-state index contributed by atoms with van der Waals surface area (Å²) in [5.41, 5.74) is 1.75. The van der Waals surface area contributed by atoms with Crippen molar-refractivity contribution in [2.24, 2.45) is 0 Å². The summed E-state index contributed by atoms with van der Waals surface area (Å²) in [4.78, 5) is 28.7. The number of thiazole rings is 1. The molecule has 2 amide bonds. The van der Waals surface area contributed by atoms with Crippen LogP contribution >= 0.6 is 11.3 Å². The number of hydrogen-bond acceptors (Lipinski definition) is 6. The maximum atomic E-state index is 12.3. The lowest BCUT2D eigenvalue weighted by Crippen LogP contribution is -2.15. The van der Waals surface area contributed by atoms with Gasteiger partial charge in [0.25, 0.3) is 5.91 Å². The molecule has 3 rings (SSSR count). The van der Waals surface area contributed by atoms with Crippen LogP contribution in [0.15, 0.2) is 53.9 Å². The van der Waals surface area contributed by atoms with Crippen LogP contribution in [0.4, 0.5) is 10.8 Å². The molecule has 0 saturated carbocycles. The number of hydrogen-bond donors (Lipinski definition) is 2. The number of anilines is 2. The molecule has 1 heterocycles. The Hall–Kier alpha value is -3.39. The molecule has 8 heteroatoms. The zero-order valence-electron chi connectivity index (χ0n) is 15.4. The lowest BCUT2D eigenvalue weighted by Gasteiger charge is -2.05. The first kappa shape index (κ1) is 19.4. The highest BCUT2D eigenvalue weighted by atomic mass is 32.1. The van der Waals surface area contributed by atoms with Gasteiger partial charge in [-0.15, -0.1) is 11.3 Å². The largest absolute Gasteiger partial charge is 0.497 e. The summed E-state index contributed by atoms with van der Waals surface area (Å²) < 4.78 is 10.2. The van der Waals surface area contributed by atoms with Crippen molar-refractivity contribution >= 4 is 34.0 Å². The topological polar surface area (TPSA) is 89.6 Å². The van der Waals surface area contributed by atoms with Crippen LogP contribution in [0.3, 0.4) is 0 Å². The van der Waals surface area contributed by atoms with Crippen LogP contribution in [0, 0.1) is 0 Å². The average Bonchev–Trinajstić information content (AvgIpc) is 3.15. The van der Waals surface area contributed by atoms with Crippen LogP contribution in [0.1, 0.15) is 16.1 Å². The molecule has 0 atom stereocenters. The fourth-order valence-electron chi connectivity index (χ4n) is 2.40. The van der Waals surface area contributed by atoms with Crippen molar-refractivity contribution in [2.45, 2.75) is 6.42 Å². The number of amides is 2. The SMILES string of the molecule is COc1ccc(NC(=O)Cc2csc(NC(=O)c3ccc(OC)cc3)n2)cc1. The van der Waals surface area contributed by atoms with Gasteiger partial charge in [0.2, 0.25) is 5.91 Å². The monoisotopic (exact) mass is 397 g/mol. The third-order valence-electron chi connectivity index (χ3n) is 3.84. The summed E-state index contributed by atoms with van der Waals surface area (Å²) in [5.74, 6) is 0.931. The van der Waals surface area contributed by atoms with E-state index in [1.54, 1.807) is 68.1 Å². The molecule has 0 aliphatic heterocycles. The van der Waals surface area contributed by atoms with Gasteiger partial charge in [0.1, 0.15) is 11.5 Å². The van der Waals surface area contributed by atoms with Crippen molar-refractivity contribution in [1.29, 1.82) is 0 Å². The van der Waals surface area contributed by atoms with Gasteiger partial charge in [-0.2, -0.15) is 0 Å². The maximum absolute atomic E-state index is 12.3. The fraction of sp³-hybridized carbons (Fsp3) is 0.150. The van der Waals surface area contributed by atoms with E-state index in [9.17, 15) is 9.59 Å². The zero-order chi connectivity index (χ0) is 19.9. The summed E-state index contributed by atoms with van der Waals surface area (Å²) in [6, 6.07) is 13.8. The molecule has 0 spiro atoms. The fourth-order valence-corrected chi connectivity index (χ4v) is 3.11. The lowest BCUT2D eigenvalue weighted by atomic mass is 10.2. The summed E-state index contributed by atoms with van der Waals surface area (Å²) in [5, 5.41) is 7.72. The molecule has 0 saturated heterocycles. The molecule has 28 heavy (non-hydrogen) atoms. The molecule has 0 fully saturated rings. The summed E-state index contributed by atoms with van der Waals surface area (Å²) >= 11 is 1.27. The molecule has 0 bridgehead atoms. The Kier molecular flexibility index (Phi) is 6.23. The van der Waals surface area contributed by atoms with Crippen LogP contribution in [0.2, 0.25) is 0 Å². The number of carbonyl (C=O) groups excluding carboxylic acids is 2. The van der Waals surface area contributed by atoms with Crippen molar-refractivity contribution in [3.8, 4) is 11.5 Å². The molecule has 144 valence electrons. The molecule has 0 aliphatic carbocycles. The second-order valence-corrected chi connectivity index (χ2v) is 6.64. The Labute approximate surface area is 166 Å². The van der Waals surface area contributed by atoms with Gasteiger partial charge in [-0.05, 0) is 48.5 Å². The summed E-state index contributed by atoms with van der Waals surface area (Å²) in [7, 11) is 3.15. The van der Waals surface area contributed by atoms with Gasteiger partial charge >= 0.3 is 0 Å². The van der Waals surface area contributed by atoms with Crippen LogP contribution in [-0.4, -0.2) is 31.0 Å². The number of rotatable bonds is 7. The lowest BCUT2D eigenvalue weighted by molar-refractivity contribution is -0.115. The minimum absolute atomic E-state index is 0.112. The van der Waals surface area contributed by atoms with Crippen molar-refractivity contribution in [1.82, 2.24) is 4.98 Å². The first-order chi connectivity index (χ1) is 13.6. The van der Waals surface area contributed by atoms with Crippen LogP contribution in [0.25, 0.3) is 0 Å². The molecule has 2 aromatic carbocycles. The minimum atomic E-state index is -0.272. The number of nitrogens with one attached hydrogen (secondary N) is 2. The quantitative estimate of drug-likeness (QED) is 0.636. The number of benzene rings is 2. The van der Waals surface area contributed by atoms with E-state index in [0.717, 1.165) is 5.75 Å². The molecular weight excluding hydrogens is 378 g/mol. The van der Waals surface area contributed by atoms with E-state index in [0.29, 0.717) is 27.8 Å². The standard InChI is InChI=1S/C20H19N3O4S/c1-26-16-7-3-13(4-8-16)19(25)23-20-22-15(12-28-20)11-18(24)21-14-5-9-17(27-2)10-6-14/h3-10,12H,11H2,1-2H3,(H,21,24)(H,22,23,25). The van der Waals surface area contributed by atoms with Crippen molar-refractivity contribution in [3.05, 3.63) is 65.2 Å². The number of aromatic nitrogens is 1. The second-order valence-electron chi connectivity index (χ2n) is 5.78. The van der Waals surface area contributed by atoms with E-state index < -0.39 is 0 Å². The van der Waals surface area contributed by atoms with Gasteiger partial charge in [-0.25, -0.2) is 4.98 Å². The third kappa shape index (κ3) is 5.08. The van der Waals surface area contributed by atoms with Gasteiger partial charge in [-0.1, -0.05) is 0 Å². The second kappa shape index (κ2) is 9.01. The normalized spacial score (nSPS) is 10.2. The number of methoxy groups -OCH3 is 2. The first-order valence-electron chi connectivity index (χ1n) is 8.41. The van der Waals surface area contributed by atoms with Gasteiger partial charge < -0.3 is 14.8 Å². The number of ether oxygens (including phenoxy) is 2. The number of carbonyl (C=O) groups is 2. The Morgan fingerprint density at radius 2 is 1.54 bits per heavy atom. The predicted molar refractivity (Wildman–Crippen MR) is 108 cm³/mol. The van der Waals surface area contributed by atoms with E-state index in [1.165, 1.54) is 11.3 Å². The molecular formula is C20H19N3O4S. The van der Waals surface area contributed by atoms with Crippen LogP contribution in [0.5, 0.6) is 11.5 Å². The smallest absolute Gasteiger partial charge is 0.257 e. The summed E-state index contributed by atoms with van der Waals surface area (Å²) in [6.45, 7) is 0. The van der Waals surface area contributed by atoms with Gasteiger partial charge in [-0.3, -0.25) is 14.9 Å². The highest BCUT2D eigenvalue weighted by molar-refractivity contribution is 7.14. The zero-order valence-corrected chi connectivity index (χ0v) is 16.2. The van der Waals surface area contributed by atoms with E-state index in [4.69, 9.17) is 9.47 Å². The third-order valence-corrected chi connectivity index (χ3v) is 4.65. The Morgan fingerprint density at radius 1 is 0.929 bits per heavy atom. The minimum Gasteiger partial charge on any atom is -0.497 e. The summed E-state index contributed by atoms with van der Waals surface area (Å²) in [6.07, 6.45) is 0.112. The molecule has 0 aliphatic rings. The Bertz CT molecular complexity index is 952. The molecule has 0 radical (unpaired) electrons. The van der Waals surface area contributed by atoms with E-state index in [-0.39, 0.29) is 18.2 Å². The van der Waals surface area contributed by atoms with E-state index >= 15 is 0 Å². The van der Waals surface area contributed by atoms with Crippen molar-refractivity contribution in [3.63, 3.8) is 0 Å². The average molecular weight is 397 g/mol. The highest BCUT2D eigenvalue weighted by Crippen LogP contribution is 2.19. The maximum Gasteiger partial charge on any atom is 0.257 e. The van der Waals surface area contributed by atoms with Crippen molar-refractivity contribution in [2.75, 3.05) is 24.9 Å². The molecule has 1 aromatic heterocycles.